The molecule has 0 aliphatic heterocycles. The Kier molecular flexibility index (Phi) is 3.56. The smallest absolute Gasteiger partial charge is 0.134 e. The molecule has 16 heavy (non-hydrogen) atoms. The van der Waals surface area contributed by atoms with Gasteiger partial charge in [0.15, 0.2) is 0 Å². The van der Waals surface area contributed by atoms with Crippen molar-refractivity contribution in [1.82, 2.24) is 5.32 Å². The van der Waals surface area contributed by atoms with Crippen LogP contribution in [0, 0.1) is 0 Å². The van der Waals surface area contributed by atoms with Crippen molar-refractivity contribution in [3.8, 4) is 0 Å². The Bertz CT molecular complexity index is 453. The quantitative estimate of drug-likeness (QED) is 0.698. The first-order valence-electron chi connectivity index (χ1n) is 5.35. The van der Waals surface area contributed by atoms with E-state index in [1.165, 1.54) is 0 Å². The lowest BCUT2D eigenvalue weighted by Gasteiger charge is -2.08. The number of hydrogen-bond donors (Lipinski definition) is 3. The second-order valence-corrected chi connectivity index (χ2v) is 3.78. The average molecular weight is 220 g/mol. The third-order valence-electron chi connectivity index (χ3n) is 2.53. The van der Waals surface area contributed by atoms with Gasteiger partial charge in [0.05, 0.1) is 12.4 Å². The fourth-order valence-corrected chi connectivity index (χ4v) is 1.63. The molecule has 2 aromatic rings. The highest BCUT2D eigenvalue weighted by Gasteiger charge is 2.05. The standard InChI is InChI=1S/C12H16N2O2/c13-5-10(15)7-14-6-9-8-16-12-4-2-1-3-11(9)12/h1-4,8,10,14-15H,5-7,13H2. The molecule has 0 saturated carbocycles. The molecule has 1 aromatic carbocycles. The van der Waals surface area contributed by atoms with Crippen molar-refractivity contribution in [3.05, 3.63) is 36.1 Å². The minimum absolute atomic E-state index is 0.277. The van der Waals surface area contributed by atoms with Gasteiger partial charge in [-0.05, 0) is 6.07 Å². The third kappa shape index (κ3) is 2.41. The maximum absolute atomic E-state index is 9.29. The van der Waals surface area contributed by atoms with E-state index in [-0.39, 0.29) is 6.54 Å². The molecule has 0 radical (unpaired) electrons. The summed E-state index contributed by atoms with van der Waals surface area (Å²) >= 11 is 0. The van der Waals surface area contributed by atoms with Crippen LogP contribution in [0.4, 0.5) is 0 Å². The van der Waals surface area contributed by atoms with Gasteiger partial charge in [0.2, 0.25) is 0 Å². The van der Waals surface area contributed by atoms with Gasteiger partial charge in [-0.25, -0.2) is 0 Å². The van der Waals surface area contributed by atoms with Gasteiger partial charge in [0.1, 0.15) is 5.58 Å². The Morgan fingerprint density at radius 3 is 3.00 bits per heavy atom. The van der Waals surface area contributed by atoms with Gasteiger partial charge >= 0.3 is 0 Å². The van der Waals surface area contributed by atoms with Crippen molar-refractivity contribution in [1.29, 1.82) is 0 Å². The summed E-state index contributed by atoms with van der Waals surface area (Å²) in [7, 11) is 0. The first kappa shape index (κ1) is 11.1. The summed E-state index contributed by atoms with van der Waals surface area (Å²) in [6, 6.07) is 7.89. The van der Waals surface area contributed by atoms with Crippen molar-refractivity contribution >= 4 is 11.0 Å². The van der Waals surface area contributed by atoms with Gasteiger partial charge in [-0.1, -0.05) is 18.2 Å². The normalized spacial score (nSPS) is 13.1. The van der Waals surface area contributed by atoms with E-state index in [1.807, 2.05) is 24.3 Å². The van der Waals surface area contributed by atoms with E-state index in [1.54, 1.807) is 6.26 Å². The zero-order valence-corrected chi connectivity index (χ0v) is 9.02. The Labute approximate surface area is 94.1 Å². The van der Waals surface area contributed by atoms with Gasteiger partial charge in [0, 0.05) is 30.6 Å². The van der Waals surface area contributed by atoms with Crippen LogP contribution in [-0.4, -0.2) is 24.3 Å². The topological polar surface area (TPSA) is 71.4 Å². The average Bonchev–Trinajstić information content (AvgIpc) is 2.73. The highest BCUT2D eigenvalue weighted by atomic mass is 16.3. The fourth-order valence-electron chi connectivity index (χ4n) is 1.63. The Morgan fingerprint density at radius 2 is 2.19 bits per heavy atom. The summed E-state index contributed by atoms with van der Waals surface area (Å²) in [5.74, 6) is 0. The molecule has 4 heteroatoms. The zero-order valence-electron chi connectivity index (χ0n) is 9.02. The summed E-state index contributed by atoms with van der Waals surface area (Å²) in [5, 5.41) is 13.5. The number of aliphatic hydroxyl groups is 1. The van der Waals surface area contributed by atoms with Crippen LogP contribution in [0.15, 0.2) is 34.9 Å². The highest BCUT2D eigenvalue weighted by molar-refractivity contribution is 5.80. The molecule has 1 aromatic heterocycles. The lowest BCUT2D eigenvalue weighted by Crippen LogP contribution is -2.32. The van der Waals surface area contributed by atoms with E-state index in [0.29, 0.717) is 13.1 Å². The maximum atomic E-state index is 9.29. The van der Waals surface area contributed by atoms with Crippen LogP contribution in [0.5, 0.6) is 0 Å². The molecule has 0 aliphatic carbocycles. The lowest BCUT2D eigenvalue weighted by molar-refractivity contribution is 0.179. The predicted octanol–water partition coefficient (Wildman–Crippen LogP) is 0.842. The maximum Gasteiger partial charge on any atom is 0.134 e. The van der Waals surface area contributed by atoms with Crippen LogP contribution < -0.4 is 11.1 Å². The van der Waals surface area contributed by atoms with Crippen LogP contribution in [-0.2, 0) is 6.54 Å². The first-order chi connectivity index (χ1) is 7.81. The number of furan rings is 1. The van der Waals surface area contributed by atoms with Crippen LogP contribution >= 0.6 is 0 Å². The van der Waals surface area contributed by atoms with Crippen LogP contribution in [0.1, 0.15) is 5.56 Å². The zero-order chi connectivity index (χ0) is 11.4. The fraction of sp³-hybridized carbons (Fsp3) is 0.333. The Morgan fingerprint density at radius 1 is 1.38 bits per heavy atom. The van der Waals surface area contributed by atoms with Gasteiger partial charge in [-0.15, -0.1) is 0 Å². The van der Waals surface area contributed by atoms with Gasteiger partial charge < -0.3 is 20.6 Å². The van der Waals surface area contributed by atoms with Gasteiger partial charge in [-0.3, -0.25) is 0 Å². The number of hydrogen-bond acceptors (Lipinski definition) is 4. The van der Waals surface area contributed by atoms with Crippen molar-refractivity contribution in [2.75, 3.05) is 13.1 Å². The van der Waals surface area contributed by atoms with E-state index in [4.69, 9.17) is 10.2 Å². The number of aliphatic hydroxyl groups excluding tert-OH is 1. The van der Waals surface area contributed by atoms with E-state index in [2.05, 4.69) is 5.32 Å². The Balaban J connectivity index is 1.99. The van der Waals surface area contributed by atoms with E-state index in [9.17, 15) is 5.11 Å². The lowest BCUT2D eigenvalue weighted by atomic mass is 10.2. The molecule has 0 saturated heterocycles. The molecule has 1 atom stereocenters. The van der Waals surface area contributed by atoms with Crippen molar-refractivity contribution in [2.45, 2.75) is 12.6 Å². The molecule has 4 N–H and O–H groups in total. The summed E-state index contributed by atoms with van der Waals surface area (Å²) < 4.78 is 5.41. The summed E-state index contributed by atoms with van der Waals surface area (Å²) in [5.41, 5.74) is 7.30. The number of rotatable bonds is 5. The molecular weight excluding hydrogens is 204 g/mol. The second-order valence-electron chi connectivity index (χ2n) is 3.78. The third-order valence-corrected chi connectivity index (χ3v) is 2.53. The van der Waals surface area contributed by atoms with Gasteiger partial charge in [-0.2, -0.15) is 0 Å². The van der Waals surface area contributed by atoms with Crippen molar-refractivity contribution in [2.24, 2.45) is 5.73 Å². The molecule has 86 valence electrons. The first-order valence-corrected chi connectivity index (χ1v) is 5.35. The van der Waals surface area contributed by atoms with Crippen LogP contribution in [0.3, 0.4) is 0 Å². The molecule has 0 spiro atoms. The van der Waals surface area contributed by atoms with Crippen LogP contribution in [0.2, 0.25) is 0 Å². The molecular formula is C12H16N2O2. The number of nitrogens with two attached hydrogens (primary N) is 1. The van der Waals surface area contributed by atoms with Crippen LogP contribution in [0.25, 0.3) is 11.0 Å². The van der Waals surface area contributed by atoms with E-state index in [0.717, 1.165) is 16.5 Å². The summed E-state index contributed by atoms with van der Waals surface area (Å²) in [6.45, 7) is 1.45. The number of fused-ring (bicyclic) bond motifs is 1. The number of benzene rings is 1. The number of nitrogens with one attached hydrogen (secondary N) is 1. The minimum Gasteiger partial charge on any atom is -0.464 e. The SMILES string of the molecule is NCC(O)CNCc1coc2ccccc12. The Hall–Kier alpha value is -1.36. The molecule has 1 unspecified atom stereocenters. The van der Waals surface area contributed by atoms with Crippen molar-refractivity contribution < 1.29 is 9.52 Å². The van der Waals surface area contributed by atoms with Gasteiger partial charge in [0.25, 0.3) is 0 Å². The second kappa shape index (κ2) is 5.12. The van der Waals surface area contributed by atoms with Crippen molar-refractivity contribution in [3.63, 3.8) is 0 Å². The molecule has 0 aliphatic rings. The van der Waals surface area contributed by atoms with E-state index >= 15 is 0 Å². The minimum atomic E-state index is -0.488. The monoisotopic (exact) mass is 220 g/mol. The highest BCUT2D eigenvalue weighted by Crippen LogP contribution is 2.20. The predicted molar refractivity (Wildman–Crippen MR) is 63.0 cm³/mol. The summed E-state index contributed by atoms with van der Waals surface area (Å²) in [6.07, 6.45) is 1.25. The molecule has 0 fully saturated rings. The molecule has 0 bridgehead atoms. The summed E-state index contributed by atoms with van der Waals surface area (Å²) in [4.78, 5) is 0. The molecule has 1 heterocycles. The molecule has 4 nitrogen and oxygen atoms in total. The molecule has 2 rings (SSSR count). The van der Waals surface area contributed by atoms with E-state index < -0.39 is 6.10 Å². The largest absolute Gasteiger partial charge is 0.464 e. The number of para-hydroxylation sites is 1. The molecule has 0 amide bonds.